The lowest BCUT2D eigenvalue weighted by Crippen LogP contribution is -2.24. The Balaban J connectivity index is 0.000000400. The van der Waals surface area contributed by atoms with Gasteiger partial charge in [0.2, 0.25) is 5.91 Å². The first-order valence-electron chi connectivity index (χ1n) is 10.2. The summed E-state index contributed by atoms with van der Waals surface area (Å²) in [4.78, 5) is 24.0. The van der Waals surface area contributed by atoms with E-state index in [0.29, 0.717) is 0 Å². The second-order valence-electron chi connectivity index (χ2n) is 6.72. The van der Waals surface area contributed by atoms with Gasteiger partial charge in [0.1, 0.15) is 22.9 Å². The average Bonchev–Trinajstić information content (AvgIpc) is 3.26. The summed E-state index contributed by atoms with van der Waals surface area (Å²) in [7, 11) is 1.29. The van der Waals surface area contributed by atoms with Crippen molar-refractivity contribution in [1.29, 1.82) is 0 Å². The van der Waals surface area contributed by atoms with Crippen molar-refractivity contribution in [2.45, 2.75) is 40.5 Å². The molecule has 1 aliphatic heterocycles. The van der Waals surface area contributed by atoms with E-state index in [1.165, 1.54) is 32.1 Å². The highest BCUT2D eigenvalue weighted by Crippen LogP contribution is 2.31. The number of aryl methyl sites for hydroxylation is 1. The summed E-state index contributed by atoms with van der Waals surface area (Å²) in [5.74, 6) is -1.75. The molecule has 6 nitrogen and oxygen atoms in total. The summed E-state index contributed by atoms with van der Waals surface area (Å²) in [5, 5.41) is 2.67. The Morgan fingerprint density at radius 2 is 1.68 bits per heavy atom. The van der Waals surface area contributed by atoms with Gasteiger partial charge in [-0.05, 0) is 43.5 Å². The van der Waals surface area contributed by atoms with E-state index in [0.717, 1.165) is 30.8 Å². The van der Waals surface area contributed by atoms with Crippen molar-refractivity contribution < 1.29 is 23.1 Å². The minimum Gasteiger partial charge on any atom is -0.496 e. The first-order chi connectivity index (χ1) is 14.7. The molecule has 2 amide bonds. The molecule has 0 aliphatic carbocycles. The van der Waals surface area contributed by atoms with Gasteiger partial charge < -0.3 is 20.7 Å². The number of carbonyl (C=O) groups is 2. The number of hydrogen-bond acceptors (Lipinski definition) is 4. The molecule has 0 bridgehead atoms. The molecule has 0 unspecified atom stereocenters. The van der Waals surface area contributed by atoms with E-state index in [1.54, 1.807) is 19.9 Å². The van der Waals surface area contributed by atoms with Crippen molar-refractivity contribution in [1.82, 2.24) is 4.90 Å². The zero-order valence-corrected chi connectivity index (χ0v) is 18.7. The van der Waals surface area contributed by atoms with Crippen LogP contribution in [0.2, 0.25) is 0 Å². The number of ether oxygens (including phenoxy) is 1. The molecule has 0 radical (unpaired) electrons. The highest BCUT2D eigenvalue weighted by Gasteiger charge is 2.18. The van der Waals surface area contributed by atoms with Crippen LogP contribution < -0.4 is 15.8 Å². The molecule has 1 fully saturated rings. The number of likely N-dealkylation sites (tertiary alicyclic amines) is 1. The first kappa shape index (κ1) is 25.9. The predicted octanol–water partition coefficient (Wildman–Crippen LogP) is 4.78. The van der Waals surface area contributed by atoms with Gasteiger partial charge in [-0.15, -0.1) is 0 Å². The maximum Gasteiger partial charge on any atom is 0.254 e. The van der Waals surface area contributed by atoms with Crippen LogP contribution in [0.25, 0.3) is 0 Å². The van der Waals surface area contributed by atoms with Gasteiger partial charge in [0, 0.05) is 26.1 Å². The summed E-state index contributed by atoms with van der Waals surface area (Å²) < 4.78 is 32.3. The molecular formula is C23H31F2N3O3. The molecule has 1 aliphatic rings. The van der Waals surface area contributed by atoms with Crippen LogP contribution >= 0.6 is 0 Å². The largest absolute Gasteiger partial charge is 0.496 e. The molecule has 8 heteroatoms. The van der Waals surface area contributed by atoms with E-state index in [4.69, 9.17) is 10.5 Å². The van der Waals surface area contributed by atoms with E-state index in [2.05, 4.69) is 5.32 Å². The summed E-state index contributed by atoms with van der Waals surface area (Å²) in [6, 6.07) is 6.60. The van der Waals surface area contributed by atoms with Crippen molar-refractivity contribution in [3.8, 4) is 5.75 Å². The normalized spacial score (nSPS) is 12.2. The van der Waals surface area contributed by atoms with Crippen LogP contribution in [0, 0.1) is 18.6 Å². The van der Waals surface area contributed by atoms with E-state index in [-0.39, 0.29) is 28.6 Å². The summed E-state index contributed by atoms with van der Waals surface area (Å²) >= 11 is 0. The van der Waals surface area contributed by atoms with E-state index in [1.807, 2.05) is 18.7 Å². The monoisotopic (exact) mass is 435 g/mol. The van der Waals surface area contributed by atoms with Crippen molar-refractivity contribution in [2.75, 3.05) is 25.5 Å². The number of nitrogens with zero attached hydrogens (tertiary/aromatic N) is 1. The zero-order chi connectivity index (χ0) is 23.6. The van der Waals surface area contributed by atoms with Crippen molar-refractivity contribution in [2.24, 2.45) is 5.73 Å². The Morgan fingerprint density at radius 1 is 1.06 bits per heavy atom. The van der Waals surface area contributed by atoms with Gasteiger partial charge in [-0.25, -0.2) is 8.78 Å². The molecule has 2 aromatic rings. The highest BCUT2D eigenvalue weighted by atomic mass is 19.1. The van der Waals surface area contributed by atoms with Crippen LogP contribution in [0.5, 0.6) is 5.75 Å². The summed E-state index contributed by atoms with van der Waals surface area (Å²) in [6.07, 6.45) is 2.39. The van der Waals surface area contributed by atoms with Crippen molar-refractivity contribution >= 4 is 23.2 Å². The fourth-order valence-electron chi connectivity index (χ4n) is 2.99. The lowest BCUT2D eigenvalue weighted by atomic mass is 10.1. The second-order valence-corrected chi connectivity index (χ2v) is 6.72. The highest BCUT2D eigenvalue weighted by molar-refractivity contribution is 6.02. The number of carbonyl (C=O) groups excluding carboxylic acids is 2. The number of methoxy groups -OCH3 is 1. The number of amides is 2. The molecule has 3 N–H and O–H groups in total. The lowest BCUT2D eigenvalue weighted by molar-refractivity contribution is -0.127. The number of nitrogens with two attached hydrogens (primary N) is 1. The first-order valence-corrected chi connectivity index (χ1v) is 10.2. The molecule has 1 heterocycles. The Labute approximate surface area is 182 Å². The number of anilines is 2. The van der Waals surface area contributed by atoms with Gasteiger partial charge >= 0.3 is 0 Å². The summed E-state index contributed by atoms with van der Waals surface area (Å²) in [5.41, 5.74) is 6.13. The maximum absolute atomic E-state index is 13.8. The van der Waals surface area contributed by atoms with Crippen LogP contribution in [0.15, 0.2) is 30.3 Å². The number of hydrogen-bond donors (Lipinski definition) is 2. The molecule has 170 valence electrons. The molecule has 0 spiro atoms. The Kier molecular flexibility index (Phi) is 10.4. The molecule has 31 heavy (non-hydrogen) atoms. The Morgan fingerprint density at radius 3 is 2.13 bits per heavy atom. The number of rotatable bonds is 4. The van der Waals surface area contributed by atoms with Crippen LogP contribution in [0.3, 0.4) is 0 Å². The Hall–Kier alpha value is -3.16. The fourth-order valence-corrected chi connectivity index (χ4v) is 2.99. The molecule has 3 rings (SSSR count). The van der Waals surface area contributed by atoms with Gasteiger partial charge in [0.05, 0.1) is 18.5 Å². The number of nitrogens with one attached hydrogen (secondary N) is 1. The third-order valence-electron chi connectivity index (χ3n) is 4.48. The minimum absolute atomic E-state index is 0.0162. The van der Waals surface area contributed by atoms with Crippen LogP contribution in [-0.4, -0.2) is 36.9 Å². The van der Waals surface area contributed by atoms with Crippen LogP contribution in [0.1, 0.15) is 49.5 Å². The van der Waals surface area contributed by atoms with Crippen molar-refractivity contribution in [3.63, 3.8) is 0 Å². The van der Waals surface area contributed by atoms with E-state index >= 15 is 0 Å². The molecule has 2 aromatic carbocycles. The van der Waals surface area contributed by atoms with Gasteiger partial charge in [-0.2, -0.15) is 0 Å². The quantitative estimate of drug-likeness (QED) is 0.724. The van der Waals surface area contributed by atoms with Crippen LogP contribution in [0.4, 0.5) is 20.2 Å². The van der Waals surface area contributed by atoms with Gasteiger partial charge in [-0.3, -0.25) is 9.59 Å². The Bertz CT molecular complexity index is 898. The molecular weight excluding hydrogens is 404 g/mol. The van der Waals surface area contributed by atoms with E-state index < -0.39 is 17.5 Å². The summed E-state index contributed by atoms with van der Waals surface area (Å²) in [6.45, 7) is 9.34. The number of benzene rings is 2. The molecule has 1 saturated heterocycles. The van der Waals surface area contributed by atoms with Crippen molar-refractivity contribution in [3.05, 3.63) is 53.1 Å². The number of primary amides is 1. The fraction of sp³-hybridized carbons (Fsp3) is 0.391. The topological polar surface area (TPSA) is 84.7 Å². The standard InChI is InChI=1S/C15H14F2N2O2.C6H11NO.C2H6/c1-8-3-4-11(10(17)5-8)19-12-6-9(16)7-13(21-2)14(12)15(18)20;1-6(8)7-4-2-3-5-7;1-2/h3-7,19H,1-2H3,(H2,18,20);2-5H2,1H3;1-2H3. The molecule has 0 aromatic heterocycles. The second kappa shape index (κ2) is 12.5. The third-order valence-corrected chi connectivity index (χ3v) is 4.48. The average molecular weight is 436 g/mol. The minimum atomic E-state index is -0.804. The maximum atomic E-state index is 13.8. The van der Waals surface area contributed by atoms with Crippen LogP contribution in [-0.2, 0) is 4.79 Å². The molecule has 0 saturated carbocycles. The lowest BCUT2D eigenvalue weighted by Gasteiger charge is -2.14. The predicted molar refractivity (Wildman–Crippen MR) is 119 cm³/mol. The van der Waals surface area contributed by atoms with Gasteiger partial charge in [0.15, 0.2) is 0 Å². The van der Waals surface area contributed by atoms with Gasteiger partial charge in [-0.1, -0.05) is 19.9 Å². The van der Waals surface area contributed by atoms with E-state index in [9.17, 15) is 18.4 Å². The third kappa shape index (κ3) is 7.55. The zero-order valence-electron chi connectivity index (χ0n) is 18.7. The number of halogens is 2. The SMILES string of the molecule is CC.CC(=O)N1CCCC1.COc1cc(F)cc(Nc2ccc(C)cc2F)c1C(N)=O. The molecule has 0 atom stereocenters. The van der Waals surface area contributed by atoms with Gasteiger partial charge in [0.25, 0.3) is 5.91 Å². The smallest absolute Gasteiger partial charge is 0.254 e.